The summed E-state index contributed by atoms with van der Waals surface area (Å²) in [4.78, 5) is 22.1. The standard InChI is InChI=1S/C13H15F2N3O3/c1-7-11(3-2-4-16-7)17-13(19)8-5-9(14)10(15)6-12(8)18(20)21/h5-7,11,16H,2-4H2,1H3,(H,17,19). The highest BCUT2D eigenvalue weighted by Gasteiger charge is 2.28. The van der Waals surface area contributed by atoms with E-state index in [2.05, 4.69) is 10.6 Å². The molecule has 6 nitrogen and oxygen atoms in total. The normalized spacial score (nSPS) is 21.9. The molecule has 2 unspecified atom stereocenters. The monoisotopic (exact) mass is 299 g/mol. The molecule has 21 heavy (non-hydrogen) atoms. The van der Waals surface area contributed by atoms with E-state index in [1.807, 2.05) is 6.92 Å². The molecule has 2 N–H and O–H groups in total. The van der Waals surface area contributed by atoms with Gasteiger partial charge in [0.15, 0.2) is 11.6 Å². The van der Waals surface area contributed by atoms with Gasteiger partial charge in [-0.3, -0.25) is 14.9 Å². The summed E-state index contributed by atoms with van der Waals surface area (Å²) in [6.45, 7) is 2.71. The molecule has 114 valence electrons. The van der Waals surface area contributed by atoms with Crippen LogP contribution in [0.2, 0.25) is 0 Å². The van der Waals surface area contributed by atoms with Crippen LogP contribution >= 0.6 is 0 Å². The highest BCUT2D eigenvalue weighted by atomic mass is 19.2. The zero-order valence-corrected chi connectivity index (χ0v) is 11.4. The largest absolute Gasteiger partial charge is 0.348 e. The summed E-state index contributed by atoms with van der Waals surface area (Å²) in [5, 5.41) is 16.7. The smallest absolute Gasteiger partial charge is 0.285 e. The number of benzene rings is 1. The topological polar surface area (TPSA) is 84.3 Å². The molecule has 2 atom stereocenters. The van der Waals surface area contributed by atoms with Crippen LogP contribution in [0.25, 0.3) is 0 Å². The Morgan fingerprint density at radius 1 is 1.43 bits per heavy atom. The van der Waals surface area contributed by atoms with Gasteiger partial charge in [-0.15, -0.1) is 0 Å². The molecule has 1 aromatic carbocycles. The van der Waals surface area contributed by atoms with E-state index in [9.17, 15) is 23.7 Å². The summed E-state index contributed by atoms with van der Waals surface area (Å²) >= 11 is 0. The molecule has 1 heterocycles. The minimum absolute atomic E-state index is 0.00653. The second kappa shape index (κ2) is 6.13. The fourth-order valence-electron chi connectivity index (χ4n) is 2.36. The number of piperidine rings is 1. The minimum Gasteiger partial charge on any atom is -0.348 e. The van der Waals surface area contributed by atoms with Gasteiger partial charge < -0.3 is 10.6 Å². The average Bonchev–Trinajstić information content (AvgIpc) is 2.43. The third-order valence-corrected chi connectivity index (χ3v) is 3.56. The first kappa shape index (κ1) is 15.3. The van der Waals surface area contributed by atoms with Gasteiger partial charge in [0.25, 0.3) is 11.6 Å². The van der Waals surface area contributed by atoms with Gasteiger partial charge in [-0.05, 0) is 32.4 Å². The van der Waals surface area contributed by atoms with Crippen molar-refractivity contribution in [1.82, 2.24) is 10.6 Å². The van der Waals surface area contributed by atoms with Gasteiger partial charge in [-0.1, -0.05) is 0 Å². The van der Waals surface area contributed by atoms with Crippen LogP contribution in [0.5, 0.6) is 0 Å². The number of halogens is 2. The molecule has 2 rings (SSSR count). The van der Waals surface area contributed by atoms with Gasteiger partial charge in [0.2, 0.25) is 0 Å². The first-order chi connectivity index (χ1) is 9.90. The van der Waals surface area contributed by atoms with E-state index >= 15 is 0 Å². The van der Waals surface area contributed by atoms with E-state index in [0.29, 0.717) is 12.1 Å². The minimum atomic E-state index is -1.36. The second-order valence-electron chi connectivity index (χ2n) is 5.01. The number of nitro benzene ring substituents is 1. The van der Waals surface area contributed by atoms with Gasteiger partial charge in [0.05, 0.1) is 11.0 Å². The van der Waals surface area contributed by atoms with Gasteiger partial charge in [-0.2, -0.15) is 0 Å². The summed E-state index contributed by atoms with van der Waals surface area (Å²) < 4.78 is 26.3. The molecule has 0 radical (unpaired) electrons. The highest BCUT2D eigenvalue weighted by Crippen LogP contribution is 2.22. The number of hydrogen-bond donors (Lipinski definition) is 2. The third-order valence-electron chi connectivity index (χ3n) is 3.56. The Morgan fingerprint density at radius 3 is 2.71 bits per heavy atom. The van der Waals surface area contributed by atoms with Crippen LogP contribution in [-0.2, 0) is 0 Å². The fraction of sp³-hybridized carbons (Fsp3) is 0.462. The number of amides is 1. The van der Waals surface area contributed by atoms with Gasteiger partial charge in [0.1, 0.15) is 5.56 Å². The summed E-state index contributed by atoms with van der Waals surface area (Å²) in [6.07, 6.45) is 1.58. The van der Waals surface area contributed by atoms with Gasteiger partial charge in [0, 0.05) is 12.1 Å². The molecule has 0 spiro atoms. The maximum Gasteiger partial charge on any atom is 0.285 e. The zero-order valence-electron chi connectivity index (χ0n) is 11.4. The zero-order chi connectivity index (χ0) is 15.6. The Morgan fingerprint density at radius 2 is 2.10 bits per heavy atom. The van der Waals surface area contributed by atoms with Gasteiger partial charge >= 0.3 is 0 Å². The maximum absolute atomic E-state index is 13.2. The lowest BCUT2D eigenvalue weighted by atomic mass is 9.99. The number of hydrogen-bond acceptors (Lipinski definition) is 4. The van der Waals surface area contributed by atoms with Crippen LogP contribution in [0, 0.1) is 21.7 Å². The molecule has 1 amide bonds. The molecule has 1 fully saturated rings. The van der Waals surface area contributed by atoms with Crippen LogP contribution in [0.1, 0.15) is 30.1 Å². The Labute approximate surface area is 119 Å². The van der Waals surface area contributed by atoms with Crippen molar-refractivity contribution in [3.05, 3.63) is 39.4 Å². The molecule has 1 saturated heterocycles. The first-order valence-electron chi connectivity index (χ1n) is 6.58. The predicted molar refractivity (Wildman–Crippen MR) is 71.0 cm³/mol. The summed E-state index contributed by atoms with van der Waals surface area (Å²) in [6, 6.07) is 0.780. The molecule has 1 aromatic rings. The Kier molecular flexibility index (Phi) is 4.46. The molecule has 0 aromatic heterocycles. The summed E-state index contributed by atoms with van der Waals surface area (Å²) in [5.41, 5.74) is -1.22. The van der Waals surface area contributed by atoms with E-state index in [0.717, 1.165) is 19.4 Å². The average molecular weight is 299 g/mol. The van der Waals surface area contributed by atoms with Crippen molar-refractivity contribution in [2.24, 2.45) is 0 Å². The van der Waals surface area contributed by atoms with Crippen molar-refractivity contribution in [1.29, 1.82) is 0 Å². The summed E-state index contributed by atoms with van der Waals surface area (Å²) in [5.74, 6) is -3.42. The van der Waals surface area contributed by atoms with E-state index in [1.54, 1.807) is 0 Å². The van der Waals surface area contributed by atoms with Crippen molar-refractivity contribution in [3.8, 4) is 0 Å². The Balaban J connectivity index is 2.26. The van der Waals surface area contributed by atoms with Crippen LogP contribution in [-0.4, -0.2) is 29.5 Å². The maximum atomic E-state index is 13.2. The highest BCUT2D eigenvalue weighted by molar-refractivity contribution is 5.98. The predicted octanol–water partition coefficient (Wildman–Crippen LogP) is 1.74. The molecule has 0 bridgehead atoms. The van der Waals surface area contributed by atoms with Crippen LogP contribution in [0.4, 0.5) is 14.5 Å². The lowest BCUT2D eigenvalue weighted by Crippen LogP contribution is -2.52. The molecular formula is C13H15F2N3O3. The van der Waals surface area contributed by atoms with Crippen molar-refractivity contribution in [3.63, 3.8) is 0 Å². The van der Waals surface area contributed by atoms with Crippen LogP contribution in [0.15, 0.2) is 12.1 Å². The Hall–Kier alpha value is -2.09. The number of nitrogens with zero attached hydrogens (tertiary/aromatic N) is 1. The van der Waals surface area contributed by atoms with Crippen molar-refractivity contribution < 1.29 is 18.5 Å². The molecule has 0 aliphatic carbocycles. The molecule has 0 saturated carbocycles. The van der Waals surface area contributed by atoms with E-state index in [1.165, 1.54) is 0 Å². The number of carbonyl (C=O) groups is 1. The number of carbonyl (C=O) groups excluding carboxylic acids is 1. The number of nitro groups is 1. The molecule has 1 aliphatic rings. The second-order valence-corrected chi connectivity index (χ2v) is 5.01. The molecule has 1 aliphatic heterocycles. The van der Waals surface area contributed by atoms with E-state index < -0.39 is 33.7 Å². The molecule has 8 heteroatoms. The SMILES string of the molecule is CC1NCCCC1NC(=O)c1cc(F)c(F)cc1[N+](=O)[O-]. The first-order valence-corrected chi connectivity index (χ1v) is 6.58. The van der Waals surface area contributed by atoms with Crippen LogP contribution in [0.3, 0.4) is 0 Å². The third kappa shape index (κ3) is 3.33. The fourth-order valence-corrected chi connectivity index (χ4v) is 2.36. The molecular weight excluding hydrogens is 284 g/mol. The lowest BCUT2D eigenvalue weighted by Gasteiger charge is -2.30. The van der Waals surface area contributed by atoms with Gasteiger partial charge in [-0.25, -0.2) is 8.78 Å². The van der Waals surface area contributed by atoms with E-state index in [4.69, 9.17) is 0 Å². The van der Waals surface area contributed by atoms with Crippen molar-refractivity contribution in [2.45, 2.75) is 31.8 Å². The lowest BCUT2D eigenvalue weighted by molar-refractivity contribution is -0.385. The quantitative estimate of drug-likeness (QED) is 0.658. The van der Waals surface area contributed by atoms with Crippen molar-refractivity contribution >= 4 is 11.6 Å². The number of nitrogens with one attached hydrogen (secondary N) is 2. The van der Waals surface area contributed by atoms with E-state index in [-0.39, 0.29) is 12.1 Å². The summed E-state index contributed by atoms with van der Waals surface area (Å²) in [7, 11) is 0. The number of rotatable bonds is 3. The van der Waals surface area contributed by atoms with Crippen LogP contribution < -0.4 is 10.6 Å². The van der Waals surface area contributed by atoms with Crippen molar-refractivity contribution in [2.75, 3.05) is 6.54 Å². The Bertz CT molecular complexity index is 580.